The van der Waals surface area contributed by atoms with Crippen molar-refractivity contribution < 1.29 is 32.2 Å². The van der Waals surface area contributed by atoms with Gasteiger partial charge in [-0.2, -0.15) is 13.2 Å². The minimum absolute atomic E-state index is 0.0266. The molecule has 2 heterocycles. The lowest BCUT2D eigenvalue weighted by Crippen LogP contribution is -2.58. The van der Waals surface area contributed by atoms with Crippen LogP contribution in [0, 0.1) is 5.92 Å². The average Bonchev–Trinajstić information content (AvgIpc) is 3.07. The maximum atomic E-state index is 13.3. The van der Waals surface area contributed by atoms with Crippen molar-refractivity contribution in [1.29, 1.82) is 0 Å². The van der Waals surface area contributed by atoms with Crippen LogP contribution in [0.15, 0.2) is 18.2 Å². The number of alkyl carbamates (subject to hydrolysis) is 1. The number of methoxy groups -OCH3 is 1. The molecule has 6 nitrogen and oxygen atoms in total. The number of ether oxygens (including phenoxy) is 2. The van der Waals surface area contributed by atoms with E-state index in [0.29, 0.717) is 50.9 Å². The number of halogens is 3. The van der Waals surface area contributed by atoms with Gasteiger partial charge in [-0.05, 0) is 49.3 Å². The van der Waals surface area contributed by atoms with Crippen LogP contribution in [0.3, 0.4) is 0 Å². The number of piperidine rings is 1. The number of hydrogen-bond donors (Lipinski definition) is 1. The molecule has 0 aromatic heterocycles. The van der Waals surface area contributed by atoms with Gasteiger partial charge in [-0.25, -0.2) is 4.79 Å². The molecule has 2 aliphatic heterocycles. The summed E-state index contributed by atoms with van der Waals surface area (Å²) in [6, 6.07) is 4.20. The van der Waals surface area contributed by atoms with Gasteiger partial charge in [-0.3, -0.25) is 4.79 Å². The van der Waals surface area contributed by atoms with Gasteiger partial charge < -0.3 is 19.7 Å². The molecule has 2 saturated heterocycles. The van der Waals surface area contributed by atoms with E-state index in [4.69, 9.17) is 9.47 Å². The van der Waals surface area contributed by atoms with Crippen molar-refractivity contribution >= 4 is 12.0 Å². The zero-order chi connectivity index (χ0) is 20.8. The third-order valence-corrected chi connectivity index (χ3v) is 6.28. The zero-order valence-electron chi connectivity index (χ0n) is 16.1. The standard InChI is InChI=1S/C20H23F3N2O4/c1-28-16-3-2-13(8-15(16)20(21,22)23)12-4-6-25(7-5-12)17(26)14-9-19(10-14)11-29-18(27)24-19/h2-3,8,12,14H,4-7,9-11H2,1H3,(H,24,27). The molecule has 29 heavy (non-hydrogen) atoms. The minimum Gasteiger partial charge on any atom is -0.496 e. The zero-order valence-corrected chi connectivity index (χ0v) is 16.1. The highest BCUT2D eigenvalue weighted by molar-refractivity contribution is 5.81. The second-order valence-electron chi connectivity index (χ2n) is 8.14. The van der Waals surface area contributed by atoms with Crippen molar-refractivity contribution in [3.8, 4) is 5.75 Å². The van der Waals surface area contributed by atoms with Crippen LogP contribution < -0.4 is 10.1 Å². The number of nitrogens with zero attached hydrogens (tertiary/aromatic N) is 1. The van der Waals surface area contributed by atoms with Crippen molar-refractivity contribution in [3.05, 3.63) is 29.3 Å². The van der Waals surface area contributed by atoms with Gasteiger partial charge in [0, 0.05) is 19.0 Å². The summed E-state index contributed by atoms with van der Waals surface area (Å²) < 4.78 is 49.6. The summed E-state index contributed by atoms with van der Waals surface area (Å²) in [6.07, 6.45) is -2.53. The van der Waals surface area contributed by atoms with E-state index in [1.54, 1.807) is 11.0 Å². The molecule has 0 bridgehead atoms. The number of hydrogen-bond acceptors (Lipinski definition) is 4. The van der Waals surface area contributed by atoms with Gasteiger partial charge in [0.2, 0.25) is 5.91 Å². The van der Waals surface area contributed by atoms with Gasteiger partial charge in [-0.15, -0.1) is 0 Å². The molecular weight excluding hydrogens is 389 g/mol. The Morgan fingerprint density at radius 3 is 2.52 bits per heavy atom. The Bertz CT molecular complexity index is 812. The smallest absolute Gasteiger partial charge is 0.419 e. The molecule has 1 aromatic rings. The summed E-state index contributed by atoms with van der Waals surface area (Å²) in [4.78, 5) is 25.7. The van der Waals surface area contributed by atoms with E-state index in [-0.39, 0.29) is 23.5 Å². The van der Waals surface area contributed by atoms with Crippen LogP contribution in [-0.2, 0) is 15.7 Å². The first kappa shape index (κ1) is 19.8. The SMILES string of the molecule is COc1ccc(C2CCN(C(=O)C3CC4(COC(=O)N4)C3)CC2)cc1C(F)(F)F. The summed E-state index contributed by atoms with van der Waals surface area (Å²) in [5.41, 5.74) is -0.539. The molecule has 1 N–H and O–H groups in total. The molecule has 1 aromatic carbocycles. The van der Waals surface area contributed by atoms with E-state index in [2.05, 4.69) is 5.32 Å². The van der Waals surface area contributed by atoms with Gasteiger partial charge in [0.15, 0.2) is 0 Å². The van der Waals surface area contributed by atoms with Crippen LogP contribution in [-0.4, -0.2) is 49.2 Å². The Kier molecular flexibility index (Phi) is 4.86. The second-order valence-corrected chi connectivity index (χ2v) is 8.14. The summed E-state index contributed by atoms with van der Waals surface area (Å²) in [5, 5.41) is 2.78. The number of cyclic esters (lactones) is 1. The predicted octanol–water partition coefficient (Wildman–Crippen LogP) is 3.31. The van der Waals surface area contributed by atoms with Crippen molar-refractivity contribution in [2.24, 2.45) is 5.92 Å². The summed E-state index contributed by atoms with van der Waals surface area (Å²) in [7, 11) is 1.22. The second kappa shape index (κ2) is 7.11. The van der Waals surface area contributed by atoms with E-state index in [1.807, 2.05) is 0 Å². The van der Waals surface area contributed by atoms with Crippen molar-refractivity contribution in [3.63, 3.8) is 0 Å². The third kappa shape index (κ3) is 3.74. The molecule has 0 radical (unpaired) electrons. The minimum atomic E-state index is -4.47. The van der Waals surface area contributed by atoms with E-state index in [1.165, 1.54) is 19.2 Å². The number of nitrogens with one attached hydrogen (secondary N) is 1. The van der Waals surface area contributed by atoms with E-state index in [9.17, 15) is 22.8 Å². The molecule has 1 aliphatic carbocycles. The van der Waals surface area contributed by atoms with E-state index >= 15 is 0 Å². The first-order chi connectivity index (χ1) is 13.7. The van der Waals surface area contributed by atoms with Crippen molar-refractivity contribution in [1.82, 2.24) is 10.2 Å². The van der Waals surface area contributed by atoms with Crippen LogP contribution in [0.1, 0.15) is 42.7 Å². The lowest BCUT2D eigenvalue weighted by atomic mass is 9.68. The molecule has 1 saturated carbocycles. The lowest BCUT2D eigenvalue weighted by molar-refractivity contribution is -0.142. The third-order valence-electron chi connectivity index (χ3n) is 6.28. The topological polar surface area (TPSA) is 67.9 Å². The normalized spacial score (nSPS) is 27.4. The fourth-order valence-corrected chi connectivity index (χ4v) is 4.66. The number of amides is 2. The maximum Gasteiger partial charge on any atom is 0.419 e. The van der Waals surface area contributed by atoms with Crippen LogP contribution in [0.25, 0.3) is 0 Å². The number of rotatable bonds is 3. The van der Waals surface area contributed by atoms with Gasteiger partial charge in [0.25, 0.3) is 0 Å². The monoisotopic (exact) mass is 412 g/mol. The Labute approximate surface area is 166 Å². The molecule has 4 rings (SSSR count). The number of benzene rings is 1. The van der Waals surface area contributed by atoms with Crippen LogP contribution >= 0.6 is 0 Å². The molecule has 158 valence electrons. The highest BCUT2D eigenvalue weighted by Gasteiger charge is 2.53. The Morgan fingerprint density at radius 1 is 1.28 bits per heavy atom. The number of carbonyl (C=O) groups excluding carboxylic acids is 2. The van der Waals surface area contributed by atoms with Crippen LogP contribution in [0.2, 0.25) is 0 Å². The number of alkyl halides is 3. The van der Waals surface area contributed by atoms with Crippen LogP contribution in [0.5, 0.6) is 5.75 Å². The predicted molar refractivity (Wildman–Crippen MR) is 96.5 cm³/mol. The Morgan fingerprint density at radius 2 is 1.97 bits per heavy atom. The summed E-state index contributed by atoms with van der Waals surface area (Å²) >= 11 is 0. The summed E-state index contributed by atoms with van der Waals surface area (Å²) in [6.45, 7) is 1.34. The largest absolute Gasteiger partial charge is 0.496 e. The summed E-state index contributed by atoms with van der Waals surface area (Å²) in [5.74, 6) is -0.288. The fourth-order valence-electron chi connectivity index (χ4n) is 4.66. The van der Waals surface area contributed by atoms with Gasteiger partial charge >= 0.3 is 12.3 Å². The first-order valence-electron chi connectivity index (χ1n) is 9.70. The lowest BCUT2D eigenvalue weighted by Gasteiger charge is -2.45. The van der Waals surface area contributed by atoms with Crippen molar-refractivity contribution in [2.75, 3.05) is 26.8 Å². The van der Waals surface area contributed by atoms with Gasteiger partial charge in [-0.1, -0.05) is 6.07 Å². The highest BCUT2D eigenvalue weighted by Crippen LogP contribution is 2.43. The van der Waals surface area contributed by atoms with Gasteiger partial charge in [0.1, 0.15) is 12.4 Å². The fraction of sp³-hybridized carbons (Fsp3) is 0.600. The molecule has 9 heteroatoms. The molecule has 3 aliphatic rings. The molecule has 0 unspecified atom stereocenters. The first-order valence-corrected chi connectivity index (χ1v) is 9.70. The van der Waals surface area contributed by atoms with Gasteiger partial charge in [0.05, 0.1) is 18.2 Å². The molecular formula is C20H23F3N2O4. The molecule has 0 atom stereocenters. The average molecular weight is 412 g/mol. The van der Waals surface area contributed by atoms with E-state index in [0.717, 1.165) is 0 Å². The highest BCUT2D eigenvalue weighted by atomic mass is 19.4. The quantitative estimate of drug-likeness (QED) is 0.827. The van der Waals surface area contributed by atoms with E-state index < -0.39 is 23.4 Å². The Balaban J connectivity index is 1.35. The molecule has 2 amide bonds. The Hall–Kier alpha value is -2.45. The van der Waals surface area contributed by atoms with Crippen LogP contribution in [0.4, 0.5) is 18.0 Å². The molecule has 1 spiro atoms. The van der Waals surface area contributed by atoms with Crippen molar-refractivity contribution in [2.45, 2.75) is 43.3 Å². The number of carbonyl (C=O) groups is 2. The number of likely N-dealkylation sites (tertiary alicyclic amines) is 1. The molecule has 3 fully saturated rings. The maximum absolute atomic E-state index is 13.3.